The van der Waals surface area contributed by atoms with E-state index < -0.39 is 5.91 Å². The number of hydrogen-bond donors (Lipinski definition) is 1. The molecule has 3 aromatic rings. The van der Waals surface area contributed by atoms with E-state index in [-0.39, 0.29) is 18.3 Å². The van der Waals surface area contributed by atoms with E-state index in [4.69, 9.17) is 37.4 Å². The van der Waals surface area contributed by atoms with Crippen LogP contribution in [0.4, 0.5) is 5.69 Å². The number of carbonyl (C=O) groups excluding carboxylic acids is 1. The lowest BCUT2D eigenvalue weighted by Crippen LogP contribution is -2.13. The first-order chi connectivity index (χ1) is 17.2. The number of benzene rings is 3. The Balaban J connectivity index is 1.80. The molecule has 3 aromatic carbocycles. The molecule has 9 heteroatoms. The molecule has 0 heterocycles. The standard InChI is InChI=1S/C27H23BrCl2N2O4/c1-16(2)36-22-6-4-5-21(13-22)32-27(33)19(14-31)9-17-10-23(28)26(25(11-17)34-3)35-15-18-7-8-20(29)12-24(18)30/h4-13,16H,15H2,1-3H3,(H,32,33)/b19-9-. The third-order valence-corrected chi connectivity index (χ3v) is 5.95. The molecule has 1 amide bonds. The van der Waals surface area contributed by atoms with Gasteiger partial charge in [0, 0.05) is 27.4 Å². The first-order valence-corrected chi connectivity index (χ1v) is 12.4. The van der Waals surface area contributed by atoms with Crippen LogP contribution in [0.3, 0.4) is 0 Å². The maximum atomic E-state index is 12.8. The minimum absolute atomic E-state index is 0.00549. The van der Waals surface area contributed by atoms with Gasteiger partial charge >= 0.3 is 0 Å². The first kappa shape index (κ1) is 27.4. The third kappa shape index (κ3) is 7.41. The smallest absolute Gasteiger partial charge is 0.266 e. The van der Waals surface area contributed by atoms with Gasteiger partial charge in [-0.3, -0.25) is 4.79 Å². The molecule has 0 aliphatic carbocycles. The minimum Gasteiger partial charge on any atom is -0.493 e. The molecule has 0 unspecified atom stereocenters. The Hall–Kier alpha value is -3.18. The number of ether oxygens (including phenoxy) is 3. The molecule has 186 valence electrons. The highest BCUT2D eigenvalue weighted by atomic mass is 79.9. The molecule has 6 nitrogen and oxygen atoms in total. The monoisotopic (exact) mass is 588 g/mol. The number of anilines is 1. The van der Waals surface area contributed by atoms with E-state index in [0.29, 0.717) is 43.0 Å². The van der Waals surface area contributed by atoms with Gasteiger partial charge in [-0.15, -0.1) is 0 Å². The van der Waals surface area contributed by atoms with Crippen molar-refractivity contribution in [2.24, 2.45) is 0 Å². The molecule has 0 bridgehead atoms. The number of rotatable bonds is 9. The summed E-state index contributed by atoms with van der Waals surface area (Å²) in [6, 6.07) is 17.5. The summed E-state index contributed by atoms with van der Waals surface area (Å²) in [6.07, 6.45) is 1.46. The van der Waals surface area contributed by atoms with Crippen LogP contribution in [0.1, 0.15) is 25.0 Å². The summed E-state index contributed by atoms with van der Waals surface area (Å²) in [5.74, 6) is 0.934. The van der Waals surface area contributed by atoms with Crippen LogP contribution in [-0.2, 0) is 11.4 Å². The molecule has 0 atom stereocenters. The fourth-order valence-electron chi connectivity index (χ4n) is 3.18. The summed E-state index contributed by atoms with van der Waals surface area (Å²) in [5, 5.41) is 13.4. The van der Waals surface area contributed by atoms with Crippen LogP contribution < -0.4 is 19.5 Å². The lowest BCUT2D eigenvalue weighted by Gasteiger charge is -2.14. The molecule has 0 aliphatic heterocycles. The molecule has 36 heavy (non-hydrogen) atoms. The Morgan fingerprint density at radius 1 is 1.17 bits per heavy atom. The van der Waals surface area contributed by atoms with Crippen molar-refractivity contribution in [3.8, 4) is 23.3 Å². The molecule has 0 aliphatic rings. The SMILES string of the molecule is COc1cc(/C=C(/C#N)C(=O)Nc2cccc(OC(C)C)c2)cc(Br)c1OCc1ccc(Cl)cc1Cl. The average molecular weight is 590 g/mol. The predicted octanol–water partition coefficient (Wildman–Crippen LogP) is 7.68. The van der Waals surface area contributed by atoms with Gasteiger partial charge in [-0.1, -0.05) is 35.3 Å². The molecular formula is C27H23BrCl2N2O4. The van der Waals surface area contributed by atoms with E-state index in [1.807, 2.05) is 19.9 Å². The Morgan fingerprint density at radius 2 is 1.94 bits per heavy atom. The second-order valence-corrected chi connectivity index (χ2v) is 9.57. The van der Waals surface area contributed by atoms with Crippen molar-refractivity contribution >= 4 is 56.8 Å². The Labute approximate surface area is 228 Å². The molecule has 0 aromatic heterocycles. The van der Waals surface area contributed by atoms with Gasteiger partial charge in [0.05, 0.1) is 17.7 Å². The van der Waals surface area contributed by atoms with Crippen LogP contribution in [-0.4, -0.2) is 19.1 Å². The summed E-state index contributed by atoms with van der Waals surface area (Å²) in [7, 11) is 1.50. The molecule has 0 fully saturated rings. The average Bonchev–Trinajstić information content (AvgIpc) is 2.82. The molecule has 0 spiro atoms. The number of nitrogens with zero attached hydrogens (tertiary/aromatic N) is 1. The lowest BCUT2D eigenvalue weighted by atomic mass is 10.1. The van der Waals surface area contributed by atoms with E-state index in [0.717, 1.165) is 5.56 Å². The van der Waals surface area contributed by atoms with Crippen LogP contribution in [0.5, 0.6) is 17.2 Å². The zero-order valence-electron chi connectivity index (χ0n) is 19.8. The van der Waals surface area contributed by atoms with Gasteiger partial charge in [-0.2, -0.15) is 5.26 Å². The van der Waals surface area contributed by atoms with Crippen LogP contribution >= 0.6 is 39.1 Å². The molecule has 0 saturated heterocycles. The van der Waals surface area contributed by atoms with Gasteiger partial charge in [0.25, 0.3) is 5.91 Å². The second kappa shape index (κ2) is 12.7. The van der Waals surface area contributed by atoms with E-state index in [1.165, 1.54) is 13.2 Å². The van der Waals surface area contributed by atoms with Crippen molar-refractivity contribution in [2.45, 2.75) is 26.6 Å². The van der Waals surface area contributed by atoms with Crippen LogP contribution in [0, 0.1) is 11.3 Å². The highest BCUT2D eigenvalue weighted by Gasteiger charge is 2.15. The Morgan fingerprint density at radius 3 is 2.61 bits per heavy atom. The van der Waals surface area contributed by atoms with Gasteiger partial charge < -0.3 is 19.5 Å². The number of hydrogen-bond acceptors (Lipinski definition) is 5. The summed E-state index contributed by atoms with van der Waals surface area (Å²) in [5.41, 5.74) is 1.76. The summed E-state index contributed by atoms with van der Waals surface area (Å²) in [4.78, 5) is 12.8. The highest BCUT2D eigenvalue weighted by molar-refractivity contribution is 9.10. The maximum Gasteiger partial charge on any atom is 0.266 e. The fourth-order valence-corrected chi connectivity index (χ4v) is 4.22. The first-order valence-electron chi connectivity index (χ1n) is 10.8. The van der Waals surface area contributed by atoms with E-state index in [1.54, 1.807) is 54.6 Å². The van der Waals surface area contributed by atoms with Crippen LogP contribution in [0.2, 0.25) is 10.0 Å². The molecule has 0 saturated carbocycles. The number of amides is 1. The Kier molecular flexibility index (Phi) is 9.65. The maximum absolute atomic E-state index is 12.8. The van der Waals surface area contributed by atoms with Crippen molar-refractivity contribution in [1.29, 1.82) is 5.26 Å². The highest BCUT2D eigenvalue weighted by Crippen LogP contribution is 2.38. The number of halogens is 3. The van der Waals surface area contributed by atoms with Crippen molar-refractivity contribution in [3.05, 3.63) is 85.8 Å². The fraction of sp³-hybridized carbons (Fsp3) is 0.185. The van der Waals surface area contributed by atoms with Crippen LogP contribution in [0.25, 0.3) is 6.08 Å². The summed E-state index contributed by atoms with van der Waals surface area (Å²) < 4.78 is 17.7. The number of methoxy groups -OCH3 is 1. The quantitative estimate of drug-likeness (QED) is 0.204. The van der Waals surface area contributed by atoms with E-state index in [9.17, 15) is 10.1 Å². The van der Waals surface area contributed by atoms with Gasteiger partial charge in [0.2, 0.25) is 0 Å². The predicted molar refractivity (Wildman–Crippen MR) is 146 cm³/mol. The van der Waals surface area contributed by atoms with E-state index in [2.05, 4.69) is 21.2 Å². The lowest BCUT2D eigenvalue weighted by molar-refractivity contribution is -0.112. The van der Waals surface area contributed by atoms with Gasteiger partial charge in [-0.25, -0.2) is 0 Å². The zero-order chi connectivity index (χ0) is 26.2. The van der Waals surface area contributed by atoms with Gasteiger partial charge in [0.15, 0.2) is 11.5 Å². The largest absolute Gasteiger partial charge is 0.493 e. The number of nitriles is 1. The molecule has 3 rings (SSSR count). The third-order valence-electron chi connectivity index (χ3n) is 4.78. The molecular weight excluding hydrogens is 567 g/mol. The van der Waals surface area contributed by atoms with E-state index >= 15 is 0 Å². The minimum atomic E-state index is -0.549. The number of nitrogens with one attached hydrogen (secondary N) is 1. The van der Waals surface area contributed by atoms with Crippen molar-refractivity contribution < 1.29 is 19.0 Å². The zero-order valence-corrected chi connectivity index (χ0v) is 22.9. The van der Waals surface area contributed by atoms with Crippen molar-refractivity contribution in [3.63, 3.8) is 0 Å². The van der Waals surface area contributed by atoms with Crippen LogP contribution in [0.15, 0.2) is 64.6 Å². The molecule has 1 N–H and O–H groups in total. The second-order valence-electron chi connectivity index (χ2n) is 7.88. The Bertz CT molecular complexity index is 1340. The normalized spacial score (nSPS) is 11.1. The van der Waals surface area contributed by atoms with Crippen molar-refractivity contribution in [1.82, 2.24) is 0 Å². The molecule has 0 radical (unpaired) electrons. The van der Waals surface area contributed by atoms with Gasteiger partial charge in [-0.05, 0) is 77.8 Å². The van der Waals surface area contributed by atoms with Crippen molar-refractivity contribution in [2.75, 3.05) is 12.4 Å². The summed E-state index contributed by atoms with van der Waals surface area (Å²) >= 11 is 15.7. The topological polar surface area (TPSA) is 80.6 Å². The number of carbonyl (C=O) groups is 1. The summed E-state index contributed by atoms with van der Waals surface area (Å²) in [6.45, 7) is 4.01. The van der Waals surface area contributed by atoms with Gasteiger partial charge in [0.1, 0.15) is 24.0 Å².